The fraction of sp³-hybridized carbons (Fsp3) is 0.895. The quantitative estimate of drug-likeness (QED) is 0.266. The molecule has 136 valence electrons. The van der Waals surface area contributed by atoms with Gasteiger partial charge in [0.15, 0.2) is 0 Å². The molecule has 0 unspecified atom stereocenters. The molecule has 0 saturated carbocycles. The third-order valence-electron chi connectivity index (χ3n) is 4.21. The first kappa shape index (κ1) is 21.9. The molecule has 0 fully saturated rings. The van der Waals surface area contributed by atoms with E-state index in [0.29, 0.717) is 6.61 Å². The van der Waals surface area contributed by atoms with Crippen LogP contribution in [-0.2, 0) is 9.53 Å². The second-order valence-electron chi connectivity index (χ2n) is 6.43. The van der Waals surface area contributed by atoms with Gasteiger partial charge in [-0.3, -0.25) is 0 Å². The number of carbonyl (C=O) groups excluding carboxylic acids is 2. The number of nitrogens with two attached hydrogens (primary N) is 1. The van der Waals surface area contributed by atoms with Gasteiger partial charge >= 0.3 is 6.09 Å². The van der Waals surface area contributed by atoms with Crippen molar-refractivity contribution >= 4 is 12.4 Å². The molecule has 0 aliphatic carbocycles. The summed E-state index contributed by atoms with van der Waals surface area (Å²) >= 11 is 0. The van der Waals surface area contributed by atoms with Crippen LogP contribution in [0.15, 0.2) is 0 Å². The molecule has 0 aromatic heterocycles. The summed E-state index contributed by atoms with van der Waals surface area (Å²) in [6.07, 6.45) is 20.1. The second kappa shape index (κ2) is 19.0. The Morgan fingerprint density at radius 3 is 1.35 bits per heavy atom. The van der Waals surface area contributed by atoms with Crippen molar-refractivity contribution in [2.24, 2.45) is 5.73 Å². The lowest BCUT2D eigenvalue weighted by Crippen LogP contribution is -2.13. The van der Waals surface area contributed by atoms with E-state index in [1.54, 1.807) is 0 Å². The average Bonchev–Trinajstić information content (AvgIpc) is 2.53. The molecule has 0 heterocycles. The molecule has 4 nitrogen and oxygen atoms in total. The Labute approximate surface area is 142 Å². The van der Waals surface area contributed by atoms with E-state index in [4.69, 9.17) is 10.5 Å². The zero-order chi connectivity index (χ0) is 17.0. The Morgan fingerprint density at radius 2 is 1.00 bits per heavy atom. The predicted molar refractivity (Wildman–Crippen MR) is 95.5 cm³/mol. The summed E-state index contributed by atoms with van der Waals surface area (Å²) in [7, 11) is 0. The smallest absolute Gasteiger partial charge is 0.404 e. The van der Waals surface area contributed by atoms with Gasteiger partial charge in [0.25, 0.3) is 0 Å². The minimum Gasteiger partial charge on any atom is -0.450 e. The van der Waals surface area contributed by atoms with Crippen LogP contribution in [-0.4, -0.2) is 19.0 Å². The molecule has 0 atom stereocenters. The van der Waals surface area contributed by atoms with E-state index in [9.17, 15) is 9.59 Å². The van der Waals surface area contributed by atoms with Gasteiger partial charge in [-0.25, -0.2) is 4.79 Å². The van der Waals surface area contributed by atoms with Crippen molar-refractivity contribution in [1.82, 2.24) is 0 Å². The monoisotopic (exact) mass is 327 g/mol. The topological polar surface area (TPSA) is 69.4 Å². The Hall–Kier alpha value is -1.06. The maximum Gasteiger partial charge on any atom is 0.404 e. The molecule has 4 heteroatoms. The van der Waals surface area contributed by atoms with E-state index in [2.05, 4.69) is 0 Å². The van der Waals surface area contributed by atoms with Gasteiger partial charge in [0, 0.05) is 6.42 Å². The van der Waals surface area contributed by atoms with E-state index >= 15 is 0 Å². The van der Waals surface area contributed by atoms with Crippen molar-refractivity contribution in [3.8, 4) is 0 Å². The number of aldehydes is 1. The van der Waals surface area contributed by atoms with E-state index in [-0.39, 0.29) is 0 Å². The maximum absolute atomic E-state index is 10.4. The average molecular weight is 328 g/mol. The van der Waals surface area contributed by atoms with Gasteiger partial charge in [0.05, 0.1) is 6.61 Å². The highest BCUT2D eigenvalue weighted by Gasteiger charge is 1.96. The number of primary amides is 1. The molecule has 0 radical (unpaired) electrons. The number of unbranched alkanes of at least 4 members (excludes halogenated alkanes) is 15. The van der Waals surface area contributed by atoms with Crippen LogP contribution in [0.1, 0.15) is 103 Å². The Morgan fingerprint density at radius 1 is 0.652 bits per heavy atom. The van der Waals surface area contributed by atoms with Gasteiger partial charge in [-0.15, -0.1) is 0 Å². The molecule has 0 rings (SSSR count). The lowest BCUT2D eigenvalue weighted by molar-refractivity contribution is -0.107. The van der Waals surface area contributed by atoms with E-state index < -0.39 is 6.09 Å². The molecule has 0 aromatic rings. The molecule has 0 spiro atoms. The highest BCUT2D eigenvalue weighted by molar-refractivity contribution is 5.64. The van der Waals surface area contributed by atoms with Gasteiger partial charge < -0.3 is 15.3 Å². The summed E-state index contributed by atoms with van der Waals surface area (Å²) in [5.41, 5.74) is 4.89. The van der Waals surface area contributed by atoms with Crippen LogP contribution in [0, 0.1) is 0 Å². The van der Waals surface area contributed by atoms with Crippen molar-refractivity contribution in [2.75, 3.05) is 6.61 Å². The van der Waals surface area contributed by atoms with Crippen LogP contribution in [0.5, 0.6) is 0 Å². The van der Waals surface area contributed by atoms with Crippen molar-refractivity contribution in [1.29, 1.82) is 0 Å². The van der Waals surface area contributed by atoms with Crippen LogP contribution < -0.4 is 5.73 Å². The molecular formula is C19H37NO3. The van der Waals surface area contributed by atoms with Crippen LogP contribution in [0.4, 0.5) is 4.79 Å². The summed E-state index contributed by atoms with van der Waals surface area (Å²) in [4.78, 5) is 20.5. The van der Waals surface area contributed by atoms with Crippen LogP contribution in [0.2, 0.25) is 0 Å². The van der Waals surface area contributed by atoms with E-state index in [0.717, 1.165) is 32.0 Å². The van der Waals surface area contributed by atoms with Gasteiger partial charge in [-0.2, -0.15) is 0 Å². The minimum atomic E-state index is -0.664. The van der Waals surface area contributed by atoms with Crippen LogP contribution >= 0.6 is 0 Å². The Kier molecular flexibility index (Phi) is 18.1. The Balaban J connectivity index is 2.97. The standard InChI is InChI=1S/C19H37NO3/c20-19(22)23-18-16-14-12-10-8-6-4-2-1-3-5-7-9-11-13-15-17-21/h17H,1-16,18H2,(H2,20,22). The zero-order valence-corrected chi connectivity index (χ0v) is 14.9. The third kappa shape index (κ3) is 20.9. The van der Waals surface area contributed by atoms with E-state index in [1.165, 1.54) is 77.0 Å². The molecule has 2 N–H and O–H groups in total. The van der Waals surface area contributed by atoms with Crippen molar-refractivity contribution < 1.29 is 14.3 Å². The summed E-state index contributed by atoms with van der Waals surface area (Å²) in [6.45, 7) is 0.465. The number of rotatable bonds is 18. The molecule has 23 heavy (non-hydrogen) atoms. The number of ether oxygens (including phenoxy) is 1. The predicted octanol–water partition coefficient (Wildman–Crippen LogP) is 5.52. The van der Waals surface area contributed by atoms with Gasteiger partial charge in [-0.1, -0.05) is 83.5 Å². The third-order valence-corrected chi connectivity index (χ3v) is 4.21. The highest BCUT2D eigenvalue weighted by atomic mass is 16.5. The SMILES string of the molecule is NC(=O)OCCCCCCCCCCCCCCCCCC=O. The molecule has 0 bridgehead atoms. The lowest BCUT2D eigenvalue weighted by Gasteiger charge is -2.03. The van der Waals surface area contributed by atoms with Crippen molar-refractivity contribution in [3.05, 3.63) is 0 Å². The fourth-order valence-corrected chi connectivity index (χ4v) is 2.80. The molecule has 1 amide bonds. The lowest BCUT2D eigenvalue weighted by atomic mass is 10.0. The van der Waals surface area contributed by atoms with Crippen molar-refractivity contribution in [3.63, 3.8) is 0 Å². The summed E-state index contributed by atoms with van der Waals surface area (Å²) < 4.78 is 4.69. The molecule has 0 aliphatic rings. The zero-order valence-electron chi connectivity index (χ0n) is 14.9. The number of hydrogen-bond acceptors (Lipinski definition) is 3. The van der Waals surface area contributed by atoms with Gasteiger partial charge in [0.2, 0.25) is 0 Å². The van der Waals surface area contributed by atoms with Crippen molar-refractivity contribution in [2.45, 2.75) is 103 Å². The fourth-order valence-electron chi connectivity index (χ4n) is 2.80. The summed E-state index contributed by atoms with van der Waals surface area (Å²) in [5, 5.41) is 0. The largest absolute Gasteiger partial charge is 0.450 e. The highest BCUT2D eigenvalue weighted by Crippen LogP contribution is 2.13. The molecular weight excluding hydrogens is 290 g/mol. The van der Waals surface area contributed by atoms with Gasteiger partial charge in [-0.05, 0) is 12.8 Å². The molecule has 0 saturated heterocycles. The Bertz CT molecular complexity index is 269. The normalized spacial score (nSPS) is 10.6. The second-order valence-corrected chi connectivity index (χ2v) is 6.43. The van der Waals surface area contributed by atoms with E-state index in [1.807, 2.05) is 0 Å². The first-order valence-electron chi connectivity index (χ1n) is 9.63. The number of carbonyl (C=O) groups is 2. The maximum atomic E-state index is 10.4. The number of hydrogen-bond donors (Lipinski definition) is 1. The first-order valence-corrected chi connectivity index (χ1v) is 9.63. The van der Waals surface area contributed by atoms with Crippen LogP contribution in [0.25, 0.3) is 0 Å². The number of amides is 1. The summed E-state index contributed by atoms with van der Waals surface area (Å²) in [6, 6.07) is 0. The first-order chi connectivity index (χ1) is 11.3. The molecule has 0 aromatic carbocycles. The van der Waals surface area contributed by atoms with Crippen LogP contribution in [0.3, 0.4) is 0 Å². The minimum absolute atomic E-state index is 0.465. The van der Waals surface area contributed by atoms with Gasteiger partial charge in [0.1, 0.15) is 6.29 Å². The molecule has 0 aliphatic heterocycles. The summed E-state index contributed by atoms with van der Waals surface area (Å²) in [5.74, 6) is 0.